The lowest BCUT2D eigenvalue weighted by Crippen LogP contribution is -2.55. The maximum Gasteiger partial charge on any atom is 0.408 e. The molecule has 1 N–H and O–H groups in total. The van der Waals surface area contributed by atoms with Gasteiger partial charge in [-0.1, -0.05) is 81.3 Å². The third-order valence-electron chi connectivity index (χ3n) is 6.31. The maximum absolute atomic E-state index is 13.8. The predicted octanol–water partition coefficient (Wildman–Crippen LogP) is 7.14. The highest BCUT2D eigenvalue weighted by atomic mass is 16.6. The Balaban J connectivity index is 1.71. The molecule has 6 nitrogen and oxygen atoms in total. The molecule has 0 saturated carbocycles. The molecule has 210 valence electrons. The molecule has 6 heteroatoms. The molecule has 0 saturated heterocycles. The van der Waals surface area contributed by atoms with Gasteiger partial charge in [-0.25, -0.2) is 14.6 Å². The highest BCUT2D eigenvalue weighted by molar-refractivity contribution is 5.90. The molecule has 0 aliphatic carbocycles. The second-order valence-electron chi connectivity index (χ2n) is 11.5. The van der Waals surface area contributed by atoms with Gasteiger partial charge in [0.25, 0.3) is 0 Å². The van der Waals surface area contributed by atoms with Gasteiger partial charge in [-0.3, -0.25) is 0 Å². The van der Waals surface area contributed by atoms with Crippen LogP contribution in [0.4, 0.5) is 4.79 Å². The minimum atomic E-state index is -1.49. The van der Waals surface area contributed by atoms with Crippen molar-refractivity contribution in [1.29, 1.82) is 0 Å². The van der Waals surface area contributed by atoms with Crippen LogP contribution in [0, 0.1) is 17.3 Å². The number of hydrogen-bond acceptors (Lipinski definition) is 5. The Morgan fingerprint density at radius 2 is 1.56 bits per heavy atom. The lowest BCUT2D eigenvalue weighted by molar-refractivity contribution is -0.157. The quantitative estimate of drug-likeness (QED) is 0.196. The number of esters is 1. The van der Waals surface area contributed by atoms with Gasteiger partial charge < -0.3 is 14.8 Å². The number of ether oxygens (including phenoxy) is 2. The number of aromatic nitrogens is 1. The molecule has 1 amide bonds. The molecule has 0 bridgehead atoms. The summed E-state index contributed by atoms with van der Waals surface area (Å²) in [6.07, 6.45) is -0.800. The van der Waals surface area contributed by atoms with Gasteiger partial charge in [0.1, 0.15) is 12.3 Å². The van der Waals surface area contributed by atoms with Gasteiger partial charge in [0.05, 0.1) is 11.6 Å². The van der Waals surface area contributed by atoms with E-state index in [1.807, 2.05) is 112 Å². The zero-order valence-electron chi connectivity index (χ0n) is 24.2. The molecule has 41 heavy (non-hydrogen) atoms. The number of pyridine rings is 1. The summed E-state index contributed by atoms with van der Waals surface area (Å²) in [4.78, 5) is 31.8. The number of benzene rings is 3. The van der Waals surface area contributed by atoms with Gasteiger partial charge in [0, 0.05) is 10.9 Å². The SMILES string of the molecule is CC(C)OC(=O)[C@](CC(C)(C)C)(NC(=O)OCc1ccccc1)c1ccc2nc(C#Cc3ccccc3)ccc2c1. The molecule has 1 aromatic heterocycles. The van der Waals surface area contributed by atoms with Crippen LogP contribution in [0.15, 0.2) is 91.0 Å². The van der Waals surface area contributed by atoms with E-state index in [4.69, 9.17) is 14.5 Å². The maximum atomic E-state index is 13.8. The van der Waals surface area contributed by atoms with Crippen molar-refractivity contribution >= 4 is 23.0 Å². The molecule has 0 aliphatic rings. The monoisotopic (exact) mass is 548 g/mol. The molecule has 0 unspecified atom stereocenters. The Bertz CT molecular complexity index is 1560. The van der Waals surface area contributed by atoms with E-state index in [0.29, 0.717) is 11.3 Å². The number of carbonyl (C=O) groups is 2. The molecule has 3 aromatic carbocycles. The average Bonchev–Trinajstić information content (AvgIpc) is 2.94. The van der Waals surface area contributed by atoms with E-state index in [1.54, 1.807) is 13.8 Å². The number of alkyl carbamates (subject to hydrolysis) is 1. The molecule has 0 spiro atoms. The summed E-state index contributed by atoms with van der Waals surface area (Å²) in [5.41, 5.74) is 1.86. The molecular weight excluding hydrogens is 512 g/mol. The Morgan fingerprint density at radius 3 is 2.22 bits per heavy atom. The Kier molecular flexibility index (Phi) is 9.09. The van der Waals surface area contributed by atoms with Crippen molar-refractivity contribution in [2.45, 2.75) is 59.3 Å². The number of carbonyl (C=O) groups excluding carboxylic acids is 2. The first-order valence-electron chi connectivity index (χ1n) is 13.7. The van der Waals surface area contributed by atoms with Crippen LogP contribution in [0.3, 0.4) is 0 Å². The van der Waals surface area contributed by atoms with Crippen LogP contribution in [-0.2, 0) is 26.4 Å². The van der Waals surface area contributed by atoms with Gasteiger partial charge in [-0.05, 0) is 79.1 Å². The van der Waals surface area contributed by atoms with Gasteiger partial charge in [-0.15, -0.1) is 0 Å². The van der Waals surface area contributed by atoms with E-state index in [-0.39, 0.29) is 24.5 Å². The van der Waals surface area contributed by atoms with E-state index in [0.717, 1.165) is 22.0 Å². The highest BCUT2D eigenvalue weighted by Crippen LogP contribution is 2.38. The van der Waals surface area contributed by atoms with Crippen LogP contribution < -0.4 is 5.32 Å². The average molecular weight is 549 g/mol. The van der Waals surface area contributed by atoms with Crippen molar-refractivity contribution < 1.29 is 19.1 Å². The van der Waals surface area contributed by atoms with E-state index >= 15 is 0 Å². The number of nitrogens with one attached hydrogen (secondary N) is 1. The smallest absolute Gasteiger partial charge is 0.408 e. The standard InChI is InChI=1S/C35H36N2O4/c1-25(2)41-32(38)35(24-34(3,4)5,37-33(39)40-23-27-14-10-7-11-15-27)29-18-21-31-28(22-29)17-20-30(36-31)19-16-26-12-8-6-9-13-26/h6-15,17-18,20-22,25H,23-24H2,1-5H3,(H,37,39)/t35-/m1/s1. The van der Waals surface area contributed by atoms with Crippen molar-refractivity contribution in [3.05, 3.63) is 113 Å². The Hall–Kier alpha value is -4.63. The van der Waals surface area contributed by atoms with Crippen LogP contribution in [0.1, 0.15) is 63.4 Å². The van der Waals surface area contributed by atoms with Crippen molar-refractivity contribution in [2.24, 2.45) is 5.41 Å². The highest BCUT2D eigenvalue weighted by Gasteiger charge is 2.47. The Labute approximate surface area is 242 Å². The predicted molar refractivity (Wildman–Crippen MR) is 161 cm³/mol. The fourth-order valence-corrected chi connectivity index (χ4v) is 4.62. The van der Waals surface area contributed by atoms with Gasteiger partial charge in [-0.2, -0.15) is 0 Å². The molecule has 1 atom stereocenters. The molecule has 4 aromatic rings. The zero-order valence-corrected chi connectivity index (χ0v) is 24.2. The fourth-order valence-electron chi connectivity index (χ4n) is 4.62. The number of hydrogen-bond donors (Lipinski definition) is 1. The summed E-state index contributed by atoms with van der Waals surface area (Å²) in [5.74, 6) is 5.70. The lowest BCUT2D eigenvalue weighted by Gasteiger charge is -2.38. The van der Waals surface area contributed by atoms with Crippen LogP contribution in [0.2, 0.25) is 0 Å². The first-order valence-corrected chi connectivity index (χ1v) is 13.7. The first kappa shape index (κ1) is 29.4. The largest absolute Gasteiger partial charge is 0.461 e. The number of nitrogens with zero attached hydrogens (tertiary/aromatic N) is 1. The van der Waals surface area contributed by atoms with Gasteiger partial charge in [0.15, 0.2) is 5.54 Å². The summed E-state index contributed by atoms with van der Waals surface area (Å²) in [7, 11) is 0. The van der Waals surface area contributed by atoms with Crippen LogP contribution in [-0.4, -0.2) is 23.2 Å². The van der Waals surface area contributed by atoms with Crippen LogP contribution >= 0.6 is 0 Å². The summed E-state index contributed by atoms with van der Waals surface area (Å²) < 4.78 is 11.3. The molecule has 0 fully saturated rings. The molecular formula is C35H36N2O4. The van der Waals surface area contributed by atoms with Crippen molar-refractivity contribution in [3.63, 3.8) is 0 Å². The lowest BCUT2D eigenvalue weighted by atomic mass is 9.75. The minimum Gasteiger partial charge on any atom is -0.461 e. The van der Waals surface area contributed by atoms with Crippen molar-refractivity contribution in [2.75, 3.05) is 0 Å². The third kappa shape index (κ3) is 7.95. The molecule has 0 aliphatic heterocycles. The first-order chi connectivity index (χ1) is 19.5. The summed E-state index contributed by atoms with van der Waals surface area (Å²) in [5, 5.41) is 3.72. The van der Waals surface area contributed by atoms with E-state index in [1.165, 1.54) is 0 Å². The van der Waals surface area contributed by atoms with Crippen LogP contribution in [0.25, 0.3) is 10.9 Å². The second-order valence-corrected chi connectivity index (χ2v) is 11.5. The summed E-state index contributed by atoms with van der Waals surface area (Å²) >= 11 is 0. The van der Waals surface area contributed by atoms with Gasteiger partial charge >= 0.3 is 12.1 Å². The molecule has 4 rings (SSSR count). The normalized spacial score (nSPS) is 12.6. The topological polar surface area (TPSA) is 77.5 Å². The Morgan fingerprint density at radius 1 is 0.878 bits per heavy atom. The van der Waals surface area contributed by atoms with Crippen molar-refractivity contribution in [3.8, 4) is 11.8 Å². The fraction of sp³-hybridized carbons (Fsp3) is 0.286. The number of amides is 1. The van der Waals surface area contributed by atoms with Gasteiger partial charge in [0.2, 0.25) is 0 Å². The third-order valence-corrected chi connectivity index (χ3v) is 6.31. The van der Waals surface area contributed by atoms with E-state index in [2.05, 4.69) is 17.2 Å². The van der Waals surface area contributed by atoms with Crippen molar-refractivity contribution in [1.82, 2.24) is 10.3 Å². The zero-order chi connectivity index (χ0) is 29.5. The summed E-state index contributed by atoms with van der Waals surface area (Å²) in [6.45, 7) is 9.70. The minimum absolute atomic E-state index is 0.0753. The molecule has 1 heterocycles. The number of fused-ring (bicyclic) bond motifs is 1. The number of rotatable bonds is 7. The second kappa shape index (κ2) is 12.7. The van der Waals surface area contributed by atoms with Crippen LogP contribution in [0.5, 0.6) is 0 Å². The van der Waals surface area contributed by atoms with E-state index in [9.17, 15) is 9.59 Å². The summed E-state index contributed by atoms with van der Waals surface area (Å²) in [6, 6.07) is 28.4. The van der Waals surface area contributed by atoms with E-state index < -0.39 is 17.6 Å². The molecule has 0 radical (unpaired) electrons.